The number of aryl methyl sites for hydroxylation is 4. The summed E-state index contributed by atoms with van der Waals surface area (Å²) in [5, 5.41) is 11.6. The smallest absolute Gasteiger partial charge is 0.135 e. The molecule has 0 aliphatic carbocycles. The van der Waals surface area contributed by atoms with Crippen molar-refractivity contribution in [3.8, 4) is 45.3 Å². The molecule has 10 rings (SSSR count). The number of ether oxygens (including phenoxy) is 2. The first kappa shape index (κ1) is 33.7. The Kier molecular flexibility index (Phi) is 8.08. The Morgan fingerprint density at radius 1 is 0.304 bits per heavy atom. The van der Waals surface area contributed by atoms with Gasteiger partial charge >= 0.3 is 0 Å². The number of fused-ring (bicyclic) bond motifs is 5. The highest BCUT2D eigenvalue weighted by Crippen LogP contribution is 2.44. The fourth-order valence-corrected chi connectivity index (χ4v) is 8.64. The number of hydrogen-bond donors (Lipinski definition) is 0. The van der Waals surface area contributed by atoms with Crippen molar-refractivity contribution in [2.45, 2.75) is 27.7 Å². The van der Waals surface area contributed by atoms with E-state index >= 15 is 0 Å². The average molecular weight is 721 g/mol. The molecule has 0 spiro atoms. The summed E-state index contributed by atoms with van der Waals surface area (Å²) in [5.74, 6) is 3.26. The molecule has 0 amide bonds. The topological polar surface area (TPSA) is 18.5 Å². The molecule has 56 heavy (non-hydrogen) atoms. The van der Waals surface area contributed by atoms with Gasteiger partial charge in [0, 0.05) is 16.2 Å². The van der Waals surface area contributed by atoms with Gasteiger partial charge in [0.15, 0.2) is 0 Å². The van der Waals surface area contributed by atoms with Crippen LogP contribution in [0.2, 0.25) is 0 Å². The second-order valence-electron chi connectivity index (χ2n) is 15.1. The van der Waals surface area contributed by atoms with Gasteiger partial charge in [-0.3, -0.25) is 0 Å². The van der Waals surface area contributed by atoms with Gasteiger partial charge in [-0.1, -0.05) is 145 Å². The highest BCUT2D eigenvalue weighted by Gasteiger charge is 2.18. The van der Waals surface area contributed by atoms with Crippen LogP contribution in [0.15, 0.2) is 170 Å². The van der Waals surface area contributed by atoms with Crippen LogP contribution < -0.4 is 9.47 Å². The Balaban J connectivity index is 1.05. The van der Waals surface area contributed by atoms with Gasteiger partial charge in [-0.05, 0) is 135 Å². The molecule has 10 aromatic carbocycles. The van der Waals surface area contributed by atoms with Crippen LogP contribution in [-0.4, -0.2) is 0 Å². The average Bonchev–Trinajstić information content (AvgIpc) is 3.20. The van der Waals surface area contributed by atoms with Gasteiger partial charge in [0.2, 0.25) is 0 Å². The van der Waals surface area contributed by atoms with E-state index in [0.29, 0.717) is 0 Å². The minimum atomic E-state index is 0.789. The summed E-state index contributed by atoms with van der Waals surface area (Å²) < 4.78 is 13.3. The number of benzene rings is 10. The van der Waals surface area contributed by atoms with Crippen molar-refractivity contribution >= 4 is 53.9 Å². The van der Waals surface area contributed by atoms with Gasteiger partial charge in [0.1, 0.15) is 23.0 Å². The predicted molar refractivity (Wildman–Crippen MR) is 237 cm³/mol. The van der Waals surface area contributed by atoms with Gasteiger partial charge in [-0.15, -0.1) is 0 Å². The van der Waals surface area contributed by atoms with E-state index in [1.807, 2.05) is 24.3 Å². The van der Waals surface area contributed by atoms with Crippen molar-refractivity contribution in [2.24, 2.45) is 0 Å². The van der Waals surface area contributed by atoms with Crippen molar-refractivity contribution in [2.75, 3.05) is 0 Å². The fourth-order valence-electron chi connectivity index (χ4n) is 8.64. The third-order valence-corrected chi connectivity index (χ3v) is 11.3. The van der Waals surface area contributed by atoms with Crippen LogP contribution in [0.25, 0.3) is 76.1 Å². The minimum Gasteiger partial charge on any atom is -0.457 e. The molecule has 0 unspecified atom stereocenters. The second-order valence-corrected chi connectivity index (χ2v) is 15.1. The highest BCUT2D eigenvalue weighted by atomic mass is 16.5. The monoisotopic (exact) mass is 720 g/mol. The Labute approximate surface area is 327 Å². The Morgan fingerprint density at radius 2 is 0.750 bits per heavy atom. The first-order valence-electron chi connectivity index (χ1n) is 19.3. The Hall–Kier alpha value is -6.90. The van der Waals surface area contributed by atoms with Gasteiger partial charge in [0.25, 0.3) is 0 Å². The molecular formula is C54H40O2. The van der Waals surface area contributed by atoms with E-state index in [2.05, 4.69) is 173 Å². The summed E-state index contributed by atoms with van der Waals surface area (Å²) in [7, 11) is 0. The van der Waals surface area contributed by atoms with E-state index in [1.54, 1.807) is 0 Å². The molecule has 0 aliphatic rings. The van der Waals surface area contributed by atoms with Gasteiger partial charge < -0.3 is 9.47 Å². The van der Waals surface area contributed by atoms with Crippen LogP contribution in [-0.2, 0) is 0 Å². The zero-order chi connectivity index (χ0) is 37.9. The van der Waals surface area contributed by atoms with Gasteiger partial charge in [-0.25, -0.2) is 0 Å². The summed E-state index contributed by atoms with van der Waals surface area (Å²) in [4.78, 5) is 0. The molecule has 0 saturated carbocycles. The van der Waals surface area contributed by atoms with Gasteiger partial charge in [-0.2, -0.15) is 0 Å². The molecule has 0 saturated heterocycles. The van der Waals surface area contributed by atoms with E-state index in [1.165, 1.54) is 76.8 Å². The zero-order valence-electron chi connectivity index (χ0n) is 32.0. The molecule has 0 N–H and O–H groups in total. The molecule has 2 heteroatoms. The van der Waals surface area contributed by atoms with Crippen molar-refractivity contribution in [1.29, 1.82) is 0 Å². The van der Waals surface area contributed by atoms with Crippen LogP contribution in [0.1, 0.15) is 22.3 Å². The second kappa shape index (κ2) is 13.4. The normalized spacial score (nSPS) is 11.6. The van der Waals surface area contributed by atoms with Crippen LogP contribution in [0, 0.1) is 27.7 Å². The predicted octanol–water partition coefficient (Wildman–Crippen LogP) is 15.6. The minimum absolute atomic E-state index is 0.789. The number of rotatable bonds is 6. The summed E-state index contributed by atoms with van der Waals surface area (Å²) in [5.41, 5.74) is 10.0. The maximum absolute atomic E-state index is 6.85. The van der Waals surface area contributed by atoms with E-state index in [4.69, 9.17) is 9.47 Å². The lowest BCUT2D eigenvalue weighted by atomic mass is 9.86. The zero-order valence-corrected chi connectivity index (χ0v) is 32.0. The molecule has 0 aromatic heterocycles. The van der Waals surface area contributed by atoms with E-state index in [0.717, 1.165) is 44.5 Å². The molecule has 0 radical (unpaired) electrons. The lowest BCUT2D eigenvalue weighted by molar-refractivity contribution is 0.488. The Morgan fingerprint density at radius 3 is 1.43 bits per heavy atom. The van der Waals surface area contributed by atoms with E-state index in [9.17, 15) is 0 Å². The standard InChI is InChI=1S/C54H40O2/c1-33-20-25-41-37(30-33)10-5-13-46(41)53-35(3)22-27-44-47(53)14-8-15-48(44)54-36(4)23-28-45-49(54)16-9-19-52(45)56-51-18-7-12-39-32-40(24-29-43(39)51)55-50-17-6-11-38-31-34(2)21-26-42(38)50/h5-32H,1-4H3. The first-order valence-corrected chi connectivity index (χ1v) is 19.3. The van der Waals surface area contributed by atoms with E-state index in [-0.39, 0.29) is 0 Å². The quantitative estimate of drug-likeness (QED) is 0.170. The first-order chi connectivity index (χ1) is 27.4. The molecule has 2 nitrogen and oxygen atoms in total. The maximum Gasteiger partial charge on any atom is 0.135 e. The molecule has 10 aromatic rings. The summed E-state index contributed by atoms with van der Waals surface area (Å²) >= 11 is 0. The summed E-state index contributed by atoms with van der Waals surface area (Å²) in [6.45, 7) is 8.72. The summed E-state index contributed by atoms with van der Waals surface area (Å²) in [6, 6.07) is 60.7. The third-order valence-electron chi connectivity index (χ3n) is 11.3. The van der Waals surface area contributed by atoms with Crippen LogP contribution in [0.3, 0.4) is 0 Å². The third kappa shape index (κ3) is 5.74. The fraction of sp³-hybridized carbons (Fsp3) is 0.0741. The lowest BCUT2D eigenvalue weighted by Gasteiger charge is -2.19. The molecule has 268 valence electrons. The molecule has 0 aliphatic heterocycles. The molecule has 0 atom stereocenters. The van der Waals surface area contributed by atoms with Gasteiger partial charge in [0.05, 0.1) is 0 Å². The Bertz CT molecular complexity index is 3190. The van der Waals surface area contributed by atoms with Crippen LogP contribution >= 0.6 is 0 Å². The molecule has 0 fully saturated rings. The highest BCUT2D eigenvalue weighted by molar-refractivity contribution is 6.13. The SMILES string of the molecule is Cc1ccc2c(Oc3ccc4c(Oc5cccc6c(-c7cccc8c(-c9cccc%10cc(C)ccc9%10)c(C)ccc78)c(C)ccc56)cccc4c3)cccc2c1. The van der Waals surface area contributed by atoms with Crippen LogP contribution in [0.4, 0.5) is 0 Å². The number of hydrogen-bond acceptors (Lipinski definition) is 2. The van der Waals surface area contributed by atoms with Crippen molar-refractivity contribution in [1.82, 2.24) is 0 Å². The van der Waals surface area contributed by atoms with Crippen molar-refractivity contribution in [3.05, 3.63) is 192 Å². The molecule has 0 heterocycles. The largest absolute Gasteiger partial charge is 0.457 e. The molecular weight excluding hydrogens is 681 g/mol. The van der Waals surface area contributed by atoms with Crippen molar-refractivity contribution in [3.63, 3.8) is 0 Å². The summed E-state index contributed by atoms with van der Waals surface area (Å²) in [6.07, 6.45) is 0. The van der Waals surface area contributed by atoms with E-state index < -0.39 is 0 Å². The molecule has 0 bridgehead atoms. The lowest BCUT2D eigenvalue weighted by Crippen LogP contribution is -1.93. The van der Waals surface area contributed by atoms with Crippen LogP contribution in [0.5, 0.6) is 23.0 Å². The maximum atomic E-state index is 6.85. The van der Waals surface area contributed by atoms with Crippen molar-refractivity contribution < 1.29 is 9.47 Å².